The first-order valence-corrected chi connectivity index (χ1v) is 9.26. The van der Waals surface area contributed by atoms with Crippen molar-refractivity contribution in [3.05, 3.63) is 48.3 Å². The molecule has 0 radical (unpaired) electrons. The van der Waals surface area contributed by atoms with Gasteiger partial charge in [0.25, 0.3) is 0 Å². The van der Waals surface area contributed by atoms with Gasteiger partial charge in [-0.05, 0) is 12.0 Å². The third kappa shape index (κ3) is 4.47. The summed E-state index contributed by atoms with van der Waals surface area (Å²) in [6.45, 7) is 3.47. The lowest BCUT2D eigenvalue weighted by Crippen LogP contribution is -2.31. The van der Waals surface area contributed by atoms with E-state index in [2.05, 4.69) is 27.4 Å². The van der Waals surface area contributed by atoms with Crippen LogP contribution in [0.25, 0.3) is 0 Å². The van der Waals surface area contributed by atoms with E-state index in [1.165, 1.54) is 5.56 Å². The van der Waals surface area contributed by atoms with E-state index in [1.807, 2.05) is 30.0 Å². The number of nitrogens with one attached hydrogen (secondary N) is 1. The van der Waals surface area contributed by atoms with Crippen molar-refractivity contribution >= 4 is 23.5 Å². The minimum atomic E-state index is 0.220. The Hall–Kier alpha value is -2.08. The van der Waals surface area contributed by atoms with Gasteiger partial charge in [-0.25, -0.2) is 4.98 Å². The van der Waals surface area contributed by atoms with Gasteiger partial charge in [-0.15, -0.1) is 11.8 Å². The molecule has 126 valence electrons. The summed E-state index contributed by atoms with van der Waals surface area (Å²) in [5.41, 5.74) is 1.27. The molecule has 0 saturated carbocycles. The first-order valence-electron chi connectivity index (χ1n) is 8.27. The summed E-state index contributed by atoms with van der Waals surface area (Å²) in [6.07, 6.45) is 5.06. The second-order valence-electron chi connectivity index (χ2n) is 5.84. The number of amides is 1. The molecule has 1 amide bonds. The first-order chi connectivity index (χ1) is 11.7. The molecule has 1 N–H and O–H groups in total. The zero-order valence-electron chi connectivity index (χ0n) is 13.8. The van der Waals surface area contributed by atoms with Gasteiger partial charge in [0.1, 0.15) is 10.8 Å². The van der Waals surface area contributed by atoms with Crippen LogP contribution < -0.4 is 5.32 Å². The van der Waals surface area contributed by atoms with Gasteiger partial charge in [0, 0.05) is 31.3 Å². The molecule has 0 spiro atoms. The maximum Gasteiger partial charge on any atom is 0.222 e. The molecule has 1 aromatic carbocycles. The van der Waals surface area contributed by atoms with E-state index in [1.54, 1.807) is 24.2 Å². The molecule has 0 aliphatic carbocycles. The normalized spacial score (nSPS) is 17.0. The van der Waals surface area contributed by atoms with Crippen LogP contribution in [0.2, 0.25) is 0 Å². The summed E-state index contributed by atoms with van der Waals surface area (Å²) >= 11 is 1.68. The average molecular weight is 342 g/mol. The van der Waals surface area contributed by atoms with E-state index >= 15 is 0 Å². The molecule has 2 heterocycles. The van der Waals surface area contributed by atoms with E-state index in [4.69, 9.17) is 0 Å². The van der Waals surface area contributed by atoms with Crippen molar-refractivity contribution in [2.24, 2.45) is 0 Å². The summed E-state index contributed by atoms with van der Waals surface area (Å²) < 4.78 is 0. The number of aromatic nitrogens is 2. The van der Waals surface area contributed by atoms with Crippen molar-refractivity contribution in [2.45, 2.75) is 36.6 Å². The third-order valence-corrected chi connectivity index (χ3v) is 5.01. The van der Waals surface area contributed by atoms with Gasteiger partial charge in [0.05, 0.1) is 12.4 Å². The third-order valence-electron chi connectivity index (χ3n) is 4.04. The predicted octanol–water partition coefficient (Wildman–Crippen LogP) is 3.19. The highest BCUT2D eigenvalue weighted by atomic mass is 32.2. The number of benzene rings is 1. The van der Waals surface area contributed by atoms with Gasteiger partial charge < -0.3 is 10.2 Å². The molecule has 0 bridgehead atoms. The van der Waals surface area contributed by atoms with Crippen molar-refractivity contribution in [1.82, 2.24) is 14.9 Å². The van der Waals surface area contributed by atoms with Crippen LogP contribution >= 0.6 is 11.8 Å². The summed E-state index contributed by atoms with van der Waals surface area (Å²) in [4.78, 5) is 22.6. The molecule has 2 aromatic rings. The number of anilines is 1. The quantitative estimate of drug-likeness (QED) is 0.817. The van der Waals surface area contributed by atoms with E-state index in [0.717, 1.165) is 36.1 Å². The van der Waals surface area contributed by atoms with Crippen molar-refractivity contribution < 1.29 is 4.79 Å². The summed E-state index contributed by atoms with van der Waals surface area (Å²) in [7, 11) is 0. The van der Waals surface area contributed by atoms with Crippen LogP contribution in [0.15, 0.2) is 47.8 Å². The van der Waals surface area contributed by atoms with Crippen LogP contribution in [0.3, 0.4) is 0 Å². The van der Waals surface area contributed by atoms with Gasteiger partial charge in [0.15, 0.2) is 0 Å². The van der Waals surface area contributed by atoms with Crippen LogP contribution in [-0.4, -0.2) is 39.9 Å². The Bertz CT molecular complexity index is 680. The number of nitrogens with zero attached hydrogens (tertiary/aromatic N) is 3. The van der Waals surface area contributed by atoms with E-state index < -0.39 is 0 Å². The lowest BCUT2D eigenvalue weighted by molar-refractivity contribution is -0.129. The molecule has 1 saturated heterocycles. The van der Waals surface area contributed by atoms with Crippen LogP contribution in [0.4, 0.5) is 5.82 Å². The summed E-state index contributed by atoms with van der Waals surface area (Å²) in [5.74, 6) is 1.88. The lowest BCUT2D eigenvalue weighted by Gasteiger charge is -2.16. The van der Waals surface area contributed by atoms with Gasteiger partial charge >= 0.3 is 0 Å². The lowest BCUT2D eigenvalue weighted by atomic mass is 10.2. The molecule has 6 heteroatoms. The number of hydrogen-bond donors (Lipinski definition) is 1. The smallest absolute Gasteiger partial charge is 0.222 e. The van der Waals surface area contributed by atoms with Crippen molar-refractivity contribution in [2.75, 3.05) is 18.4 Å². The molecule has 5 nitrogen and oxygen atoms in total. The Labute approximate surface area is 146 Å². The molecule has 1 aliphatic rings. The minimum absolute atomic E-state index is 0.220. The Morgan fingerprint density at radius 3 is 2.96 bits per heavy atom. The molecule has 1 aromatic heterocycles. The zero-order chi connectivity index (χ0) is 16.8. The first kappa shape index (κ1) is 16.8. The fourth-order valence-electron chi connectivity index (χ4n) is 2.76. The summed E-state index contributed by atoms with van der Waals surface area (Å²) in [5, 5.41) is 4.31. The van der Waals surface area contributed by atoms with Gasteiger partial charge in [0.2, 0.25) is 5.91 Å². The topological polar surface area (TPSA) is 58.1 Å². The molecule has 24 heavy (non-hydrogen) atoms. The highest BCUT2D eigenvalue weighted by Gasteiger charge is 2.25. The maximum atomic E-state index is 11.8. The number of rotatable bonds is 6. The molecular formula is C18H22N4OS. The van der Waals surface area contributed by atoms with E-state index in [9.17, 15) is 4.79 Å². The second-order valence-corrected chi connectivity index (χ2v) is 6.84. The van der Waals surface area contributed by atoms with Gasteiger partial charge in [-0.2, -0.15) is 0 Å². The van der Waals surface area contributed by atoms with Gasteiger partial charge in [-0.3, -0.25) is 9.78 Å². The molecular weight excluding hydrogens is 320 g/mol. The molecule has 1 fully saturated rings. The minimum Gasteiger partial charge on any atom is -0.364 e. The number of carbonyl (C=O) groups is 1. The molecule has 0 unspecified atom stereocenters. The second kappa shape index (κ2) is 8.15. The zero-order valence-corrected chi connectivity index (χ0v) is 14.6. The number of likely N-dealkylation sites (tertiary alicyclic amines) is 1. The fraction of sp³-hybridized carbons (Fsp3) is 0.389. The van der Waals surface area contributed by atoms with E-state index in [0.29, 0.717) is 6.42 Å². The van der Waals surface area contributed by atoms with Crippen LogP contribution in [0, 0.1) is 0 Å². The largest absolute Gasteiger partial charge is 0.364 e. The van der Waals surface area contributed by atoms with Crippen molar-refractivity contribution in [1.29, 1.82) is 0 Å². The molecule has 1 aliphatic heterocycles. The van der Waals surface area contributed by atoms with Crippen LogP contribution in [0.5, 0.6) is 0 Å². The Balaban J connectivity index is 1.55. The Kier molecular flexibility index (Phi) is 5.69. The van der Waals surface area contributed by atoms with Crippen LogP contribution in [-0.2, 0) is 10.5 Å². The fourth-order valence-corrected chi connectivity index (χ4v) is 3.56. The number of hydrogen-bond acceptors (Lipinski definition) is 5. The Morgan fingerprint density at radius 2 is 2.17 bits per heavy atom. The highest BCUT2D eigenvalue weighted by molar-refractivity contribution is 7.98. The van der Waals surface area contributed by atoms with Crippen molar-refractivity contribution in [3.63, 3.8) is 0 Å². The SMILES string of the molecule is CCC(=O)N1CC[C@@H](Nc2cncc(SCc3ccccc3)n2)C1. The maximum absolute atomic E-state index is 11.8. The number of carbonyl (C=O) groups excluding carboxylic acids is 1. The number of thioether (sulfide) groups is 1. The van der Waals surface area contributed by atoms with Gasteiger partial charge in [-0.1, -0.05) is 37.3 Å². The predicted molar refractivity (Wildman–Crippen MR) is 96.9 cm³/mol. The monoisotopic (exact) mass is 342 g/mol. The van der Waals surface area contributed by atoms with E-state index in [-0.39, 0.29) is 11.9 Å². The molecule has 3 rings (SSSR count). The average Bonchev–Trinajstić information content (AvgIpc) is 3.09. The highest BCUT2D eigenvalue weighted by Crippen LogP contribution is 2.22. The van der Waals surface area contributed by atoms with Crippen molar-refractivity contribution in [3.8, 4) is 0 Å². The summed E-state index contributed by atoms with van der Waals surface area (Å²) in [6, 6.07) is 10.6. The molecule has 1 atom stereocenters. The standard InChI is InChI=1S/C18H22N4OS/c1-2-18(23)22-9-8-15(12-22)20-16-10-19-11-17(21-16)24-13-14-6-4-3-5-7-14/h3-7,10-11,15H,2,8-9,12-13H2,1H3,(H,20,21)/t15-/m1/s1. The Morgan fingerprint density at radius 1 is 1.33 bits per heavy atom. The van der Waals surface area contributed by atoms with Crippen LogP contribution in [0.1, 0.15) is 25.3 Å².